The van der Waals surface area contributed by atoms with Crippen LogP contribution < -0.4 is 10.6 Å². The second-order valence-electron chi connectivity index (χ2n) is 5.77. The number of guanidine groups is 1. The van der Waals surface area contributed by atoms with E-state index in [-0.39, 0.29) is 30.5 Å². The summed E-state index contributed by atoms with van der Waals surface area (Å²) in [5.41, 5.74) is 2.43. The van der Waals surface area contributed by atoms with Gasteiger partial charge in [0.05, 0.1) is 12.2 Å². The first-order chi connectivity index (χ1) is 12.2. The topological polar surface area (TPSA) is 67.1 Å². The van der Waals surface area contributed by atoms with Gasteiger partial charge in [-0.3, -0.25) is 4.68 Å². The molecule has 0 aliphatic carbocycles. The zero-order chi connectivity index (χ0) is 19.3. The van der Waals surface area contributed by atoms with Crippen LogP contribution in [-0.4, -0.2) is 33.8 Å². The van der Waals surface area contributed by atoms with Crippen molar-refractivity contribution in [2.75, 3.05) is 13.1 Å². The molecule has 2 aromatic heterocycles. The van der Waals surface area contributed by atoms with Crippen molar-refractivity contribution in [3.63, 3.8) is 0 Å². The standard InChI is InChI=1S/C16H23F3N6S.HI/c1-5-20-15(21-7-6-12-10(2)24-25(4)11(12)3)22-8-14-23-13(9-26-14)16(17,18)19;/h9H,5-8H2,1-4H3,(H2,20,21,22);1H. The Hall–Kier alpha value is -1.37. The normalized spacial score (nSPS) is 12.0. The predicted molar refractivity (Wildman–Crippen MR) is 112 cm³/mol. The largest absolute Gasteiger partial charge is 0.434 e. The Bertz CT molecular complexity index is 769. The van der Waals surface area contributed by atoms with Crippen molar-refractivity contribution >= 4 is 41.3 Å². The maximum absolute atomic E-state index is 12.6. The Labute approximate surface area is 177 Å². The van der Waals surface area contributed by atoms with Crippen molar-refractivity contribution in [3.05, 3.63) is 33.0 Å². The van der Waals surface area contributed by atoms with Crippen LogP contribution in [-0.2, 0) is 26.2 Å². The van der Waals surface area contributed by atoms with E-state index in [1.165, 1.54) is 5.56 Å². The number of thiazole rings is 1. The minimum Gasteiger partial charge on any atom is -0.357 e. The summed E-state index contributed by atoms with van der Waals surface area (Å²) in [6.45, 7) is 7.32. The average molecular weight is 516 g/mol. The monoisotopic (exact) mass is 516 g/mol. The van der Waals surface area contributed by atoms with Crippen molar-refractivity contribution in [2.24, 2.45) is 12.0 Å². The number of rotatable bonds is 6. The Morgan fingerprint density at radius 2 is 2.00 bits per heavy atom. The molecule has 0 aromatic carbocycles. The summed E-state index contributed by atoms with van der Waals surface area (Å²) in [4.78, 5) is 7.90. The number of hydrogen-bond acceptors (Lipinski definition) is 4. The molecule has 2 rings (SSSR count). The van der Waals surface area contributed by atoms with Gasteiger partial charge in [-0.25, -0.2) is 9.98 Å². The number of aryl methyl sites for hydroxylation is 2. The first-order valence-corrected chi connectivity index (χ1v) is 9.13. The maximum atomic E-state index is 12.6. The lowest BCUT2D eigenvalue weighted by Crippen LogP contribution is -2.38. The van der Waals surface area contributed by atoms with E-state index in [1.807, 2.05) is 32.5 Å². The Balaban J connectivity index is 0.00000364. The first kappa shape index (κ1) is 23.7. The van der Waals surface area contributed by atoms with Crippen LogP contribution in [0.3, 0.4) is 0 Å². The highest BCUT2D eigenvalue weighted by atomic mass is 127. The zero-order valence-corrected chi connectivity index (χ0v) is 18.8. The van der Waals surface area contributed by atoms with E-state index in [1.54, 1.807) is 0 Å². The second kappa shape index (κ2) is 10.2. The van der Waals surface area contributed by atoms with Crippen LogP contribution in [0.4, 0.5) is 13.2 Å². The van der Waals surface area contributed by atoms with Crippen LogP contribution in [0.25, 0.3) is 0 Å². The summed E-state index contributed by atoms with van der Waals surface area (Å²) in [5, 5.41) is 12.0. The van der Waals surface area contributed by atoms with Gasteiger partial charge < -0.3 is 10.6 Å². The number of aromatic nitrogens is 3. The highest BCUT2D eigenvalue weighted by Crippen LogP contribution is 2.30. The fraction of sp³-hybridized carbons (Fsp3) is 0.562. The molecule has 152 valence electrons. The van der Waals surface area contributed by atoms with Crippen molar-refractivity contribution in [3.8, 4) is 0 Å². The molecule has 0 bridgehead atoms. The van der Waals surface area contributed by atoms with E-state index in [4.69, 9.17) is 0 Å². The van der Waals surface area contributed by atoms with E-state index < -0.39 is 11.9 Å². The molecule has 0 fully saturated rings. The third-order valence-electron chi connectivity index (χ3n) is 3.89. The molecule has 0 atom stereocenters. The average Bonchev–Trinajstić information content (AvgIpc) is 3.12. The smallest absolute Gasteiger partial charge is 0.357 e. The van der Waals surface area contributed by atoms with Crippen molar-refractivity contribution in [1.82, 2.24) is 25.4 Å². The van der Waals surface area contributed by atoms with E-state index in [9.17, 15) is 13.2 Å². The van der Waals surface area contributed by atoms with E-state index in [0.29, 0.717) is 24.1 Å². The van der Waals surface area contributed by atoms with Crippen molar-refractivity contribution in [2.45, 2.75) is 39.9 Å². The minimum absolute atomic E-state index is 0. The molecule has 0 radical (unpaired) electrons. The number of halogens is 4. The molecule has 0 unspecified atom stereocenters. The van der Waals surface area contributed by atoms with Crippen LogP contribution in [0.15, 0.2) is 10.4 Å². The van der Waals surface area contributed by atoms with E-state index in [2.05, 4.69) is 25.7 Å². The lowest BCUT2D eigenvalue weighted by molar-refractivity contribution is -0.140. The van der Waals surface area contributed by atoms with Gasteiger partial charge in [0.25, 0.3) is 0 Å². The molecule has 0 saturated carbocycles. The molecule has 2 heterocycles. The van der Waals surface area contributed by atoms with Crippen LogP contribution in [0.2, 0.25) is 0 Å². The van der Waals surface area contributed by atoms with E-state index in [0.717, 1.165) is 34.5 Å². The fourth-order valence-electron chi connectivity index (χ4n) is 2.49. The van der Waals surface area contributed by atoms with E-state index >= 15 is 0 Å². The maximum Gasteiger partial charge on any atom is 0.434 e. The molecule has 0 aliphatic rings. The lowest BCUT2D eigenvalue weighted by atomic mass is 10.1. The van der Waals surface area contributed by atoms with Gasteiger partial charge in [0.15, 0.2) is 11.7 Å². The molecule has 6 nitrogen and oxygen atoms in total. The summed E-state index contributed by atoms with van der Waals surface area (Å²) < 4.78 is 39.6. The molecule has 0 amide bonds. The van der Waals surface area contributed by atoms with Crippen LogP contribution in [0, 0.1) is 13.8 Å². The number of nitrogens with one attached hydrogen (secondary N) is 2. The highest BCUT2D eigenvalue weighted by molar-refractivity contribution is 14.0. The molecule has 0 saturated heterocycles. The van der Waals surface area contributed by atoms with Gasteiger partial charge in [0, 0.05) is 31.2 Å². The molecule has 2 N–H and O–H groups in total. The van der Waals surface area contributed by atoms with Crippen LogP contribution in [0.1, 0.15) is 34.6 Å². The van der Waals surface area contributed by atoms with Gasteiger partial charge >= 0.3 is 6.18 Å². The Morgan fingerprint density at radius 1 is 1.30 bits per heavy atom. The molecular formula is C16H24F3IN6S. The molecular weight excluding hydrogens is 492 g/mol. The number of aliphatic imine (C=N–C) groups is 1. The fourth-order valence-corrected chi connectivity index (χ4v) is 3.21. The summed E-state index contributed by atoms with van der Waals surface area (Å²) in [6.07, 6.45) is -3.63. The summed E-state index contributed by atoms with van der Waals surface area (Å²) >= 11 is 0.959. The molecule has 11 heteroatoms. The second-order valence-corrected chi connectivity index (χ2v) is 6.71. The third kappa shape index (κ3) is 6.63. The number of nitrogens with zero attached hydrogens (tertiary/aromatic N) is 4. The van der Waals surface area contributed by atoms with Gasteiger partial charge in [-0.2, -0.15) is 18.3 Å². The first-order valence-electron chi connectivity index (χ1n) is 8.25. The Morgan fingerprint density at radius 3 is 2.52 bits per heavy atom. The summed E-state index contributed by atoms with van der Waals surface area (Å²) in [6, 6.07) is 0. The number of alkyl halides is 3. The predicted octanol–water partition coefficient (Wildman–Crippen LogP) is 3.43. The third-order valence-corrected chi connectivity index (χ3v) is 4.72. The zero-order valence-electron chi connectivity index (χ0n) is 15.6. The molecule has 27 heavy (non-hydrogen) atoms. The quantitative estimate of drug-likeness (QED) is 0.351. The SMILES string of the molecule is CCNC(=NCc1nc(C(F)(F)F)cs1)NCCc1c(C)nn(C)c1C.I. The van der Waals surface area contributed by atoms with Gasteiger partial charge in [-0.15, -0.1) is 35.3 Å². The minimum atomic E-state index is -4.42. The molecule has 0 spiro atoms. The van der Waals surface area contributed by atoms with Gasteiger partial charge in [-0.05, 0) is 32.8 Å². The molecule has 0 aliphatic heterocycles. The van der Waals surface area contributed by atoms with Crippen LogP contribution >= 0.6 is 35.3 Å². The van der Waals surface area contributed by atoms with Crippen molar-refractivity contribution in [1.29, 1.82) is 0 Å². The Kier molecular flexibility index (Phi) is 8.99. The highest BCUT2D eigenvalue weighted by Gasteiger charge is 2.33. The molecule has 2 aromatic rings. The number of hydrogen-bond donors (Lipinski definition) is 2. The summed E-state index contributed by atoms with van der Waals surface area (Å²) in [5.74, 6) is 0.551. The van der Waals surface area contributed by atoms with Gasteiger partial charge in [0.1, 0.15) is 5.01 Å². The lowest BCUT2D eigenvalue weighted by Gasteiger charge is -2.11. The van der Waals surface area contributed by atoms with Crippen LogP contribution in [0.5, 0.6) is 0 Å². The summed E-state index contributed by atoms with van der Waals surface area (Å²) in [7, 11) is 1.91. The van der Waals surface area contributed by atoms with Gasteiger partial charge in [0.2, 0.25) is 0 Å². The van der Waals surface area contributed by atoms with Gasteiger partial charge in [-0.1, -0.05) is 0 Å². The van der Waals surface area contributed by atoms with Crippen molar-refractivity contribution < 1.29 is 13.2 Å².